The first-order chi connectivity index (χ1) is 18.8. The van der Waals surface area contributed by atoms with Crippen LogP contribution in [0.5, 0.6) is 0 Å². The van der Waals surface area contributed by atoms with E-state index in [1.165, 1.54) is 17.0 Å². The molecule has 1 spiro atoms. The Morgan fingerprint density at radius 3 is 2.28 bits per heavy atom. The van der Waals surface area contributed by atoms with Crippen LogP contribution in [0.2, 0.25) is 5.02 Å². The van der Waals surface area contributed by atoms with Crippen molar-refractivity contribution in [3.05, 3.63) is 99.6 Å². The largest absolute Gasteiger partial charge is 0.307 e. The number of hydrogen-bond acceptors (Lipinski definition) is 4. The van der Waals surface area contributed by atoms with Crippen molar-refractivity contribution in [1.29, 1.82) is 0 Å². The van der Waals surface area contributed by atoms with Crippen LogP contribution in [-0.2, 0) is 5.41 Å². The molecule has 6 rings (SSSR count). The summed E-state index contributed by atoms with van der Waals surface area (Å²) in [6.45, 7) is 2.95. The lowest BCUT2D eigenvalue weighted by Gasteiger charge is -2.40. The Balaban J connectivity index is 1.13. The Morgan fingerprint density at radius 1 is 0.897 bits per heavy atom. The Hall–Kier alpha value is -3.62. The molecule has 0 aromatic heterocycles. The number of imide groups is 1. The van der Waals surface area contributed by atoms with E-state index in [4.69, 9.17) is 11.6 Å². The Bertz CT molecular complexity index is 1470. The molecule has 3 heterocycles. The highest BCUT2D eigenvalue weighted by molar-refractivity contribution is 6.30. The van der Waals surface area contributed by atoms with Gasteiger partial charge in [-0.15, -0.1) is 0 Å². The van der Waals surface area contributed by atoms with Crippen molar-refractivity contribution in [2.75, 3.05) is 37.6 Å². The maximum absolute atomic E-state index is 14.5. The molecular weight excluding hydrogens is 524 g/mol. The maximum atomic E-state index is 14.5. The lowest BCUT2D eigenvalue weighted by Crippen LogP contribution is -2.46. The van der Waals surface area contributed by atoms with Gasteiger partial charge < -0.3 is 9.80 Å². The van der Waals surface area contributed by atoms with Crippen LogP contribution in [0.15, 0.2) is 60.7 Å². The number of benzene rings is 3. The van der Waals surface area contributed by atoms with Crippen LogP contribution >= 0.6 is 11.6 Å². The van der Waals surface area contributed by atoms with Gasteiger partial charge in [-0.25, -0.2) is 8.78 Å². The van der Waals surface area contributed by atoms with Crippen LogP contribution in [0.3, 0.4) is 0 Å². The average molecular weight is 550 g/mol. The average Bonchev–Trinajstić information content (AvgIpc) is 3.38. The number of amides is 3. The van der Waals surface area contributed by atoms with Gasteiger partial charge in [0.15, 0.2) is 11.6 Å². The van der Waals surface area contributed by atoms with Gasteiger partial charge in [0.05, 0.1) is 16.7 Å². The zero-order valence-corrected chi connectivity index (χ0v) is 21.9. The van der Waals surface area contributed by atoms with Crippen molar-refractivity contribution in [2.45, 2.75) is 24.7 Å². The fraction of sp³-hybridized carbons (Fsp3) is 0.300. The molecule has 1 saturated heterocycles. The first-order valence-electron chi connectivity index (χ1n) is 13.0. The SMILES string of the molecule is O=C1c2ccccc2C(=O)N1CCCN1CCC2(CC1)CN(C(=O)c1cccc(F)c1F)c1ccc(Cl)cc12. The molecule has 200 valence electrons. The van der Waals surface area contributed by atoms with Crippen molar-refractivity contribution < 1.29 is 23.2 Å². The number of hydrogen-bond donors (Lipinski definition) is 0. The van der Waals surface area contributed by atoms with Crippen molar-refractivity contribution in [1.82, 2.24) is 9.80 Å². The third kappa shape index (κ3) is 4.32. The van der Waals surface area contributed by atoms with Gasteiger partial charge >= 0.3 is 0 Å². The molecule has 1 fully saturated rings. The molecular formula is C30H26ClF2N3O3. The third-order valence-electron chi connectivity index (χ3n) is 8.26. The van der Waals surface area contributed by atoms with E-state index in [-0.39, 0.29) is 22.8 Å². The summed E-state index contributed by atoms with van der Waals surface area (Å²) in [5, 5.41) is 0.558. The van der Waals surface area contributed by atoms with Gasteiger partial charge in [0.1, 0.15) is 0 Å². The number of halogens is 3. The molecule has 0 atom stereocenters. The second kappa shape index (κ2) is 9.84. The molecule has 3 aromatic carbocycles. The number of piperidine rings is 1. The number of rotatable bonds is 5. The summed E-state index contributed by atoms with van der Waals surface area (Å²) in [5.41, 5.74) is 1.89. The Labute approximate surface area is 229 Å². The van der Waals surface area contributed by atoms with Crippen LogP contribution in [0.1, 0.15) is 55.9 Å². The number of anilines is 1. The predicted molar refractivity (Wildman–Crippen MR) is 143 cm³/mol. The summed E-state index contributed by atoms with van der Waals surface area (Å²) in [7, 11) is 0. The first-order valence-corrected chi connectivity index (χ1v) is 13.4. The monoisotopic (exact) mass is 549 g/mol. The van der Waals surface area contributed by atoms with E-state index in [0.29, 0.717) is 41.3 Å². The lowest BCUT2D eigenvalue weighted by molar-refractivity contribution is 0.0642. The molecule has 3 aliphatic heterocycles. The summed E-state index contributed by atoms with van der Waals surface area (Å²) in [5.74, 6) is -3.26. The molecule has 0 saturated carbocycles. The molecule has 0 N–H and O–H groups in total. The highest BCUT2D eigenvalue weighted by Crippen LogP contribution is 2.48. The van der Waals surface area contributed by atoms with E-state index < -0.39 is 17.5 Å². The molecule has 3 aliphatic rings. The molecule has 0 unspecified atom stereocenters. The fourth-order valence-electron chi connectivity index (χ4n) is 6.16. The standard InChI is InChI=1S/C30H26ClF2N3O3/c31-19-9-10-25-23(17-19)30(18-36(25)29(39)22-7-3-8-24(32)26(22)33)11-15-34(16-12-30)13-4-14-35-27(37)20-5-1-2-6-21(20)28(35)38/h1-3,5-10,17H,4,11-16,18H2. The number of nitrogens with zero attached hydrogens (tertiary/aromatic N) is 3. The molecule has 0 aliphatic carbocycles. The van der Waals surface area contributed by atoms with Crippen molar-refractivity contribution in [2.24, 2.45) is 0 Å². The van der Waals surface area contributed by atoms with Crippen molar-refractivity contribution in [3.63, 3.8) is 0 Å². The van der Waals surface area contributed by atoms with Gasteiger partial charge in [-0.05, 0) is 86.9 Å². The minimum absolute atomic E-state index is 0.243. The topological polar surface area (TPSA) is 60.9 Å². The van der Waals surface area contributed by atoms with E-state index in [0.717, 1.165) is 44.1 Å². The molecule has 9 heteroatoms. The zero-order chi connectivity index (χ0) is 27.3. The number of carbonyl (C=O) groups is 3. The van der Waals surface area contributed by atoms with Crippen molar-refractivity contribution >= 4 is 35.0 Å². The smallest absolute Gasteiger partial charge is 0.261 e. The van der Waals surface area contributed by atoms with Crippen LogP contribution in [0.25, 0.3) is 0 Å². The predicted octanol–water partition coefficient (Wildman–Crippen LogP) is 5.30. The van der Waals surface area contributed by atoms with Gasteiger partial charge in [-0.2, -0.15) is 0 Å². The Morgan fingerprint density at radius 2 is 1.59 bits per heavy atom. The number of likely N-dealkylation sites (tertiary alicyclic amines) is 1. The zero-order valence-electron chi connectivity index (χ0n) is 21.1. The fourth-order valence-corrected chi connectivity index (χ4v) is 6.34. The quantitative estimate of drug-likeness (QED) is 0.405. The summed E-state index contributed by atoms with van der Waals surface area (Å²) in [4.78, 5) is 43.8. The van der Waals surface area contributed by atoms with E-state index >= 15 is 0 Å². The van der Waals surface area contributed by atoms with Crippen LogP contribution in [-0.4, -0.2) is 60.2 Å². The minimum Gasteiger partial charge on any atom is -0.307 e. The highest BCUT2D eigenvalue weighted by Gasteiger charge is 2.47. The maximum Gasteiger partial charge on any atom is 0.261 e. The minimum atomic E-state index is -1.15. The summed E-state index contributed by atoms with van der Waals surface area (Å²) < 4.78 is 28.4. The van der Waals surface area contributed by atoms with Gasteiger partial charge in [0.2, 0.25) is 0 Å². The van der Waals surface area contributed by atoms with Crippen LogP contribution < -0.4 is 4.90 Å². The second-order valence-corrected chi connectivity index (χ2v) is 10.9. The lowest BCUT2D eigenvalue weighted by atomic mass is 9.74. The molecule has 3 amide bonds. The molecule has 39 heavy (non-hydrogen) atoms. The van der Waals surface area contributed by atoms with E-state index in [1.54, 1.807) is 41.3 Å². The number of fused-ring (bicyclic) bond motifs is 3. The summed E-state index contributed by atoms with van der Waals surface area (Å²) >= 11 is 6.35. The first kappa shape index (κ1) is 25.6. The van der Waals surface area contributed by atoms with E-state index in [2.05, 4.69) is 4.90 Å². The molecule has 0 bridgehead atoms. The van der Waals surface area contributed by atoms with E-state index in [1.807, 2.05) is 6.07 Å². The number of carbonyl (C=O) groups excluding carboxylic acids is 3. The summed E-state index contributed by atoms with van der Waals surface area (Å²) in [6.07, 6.45) is 2.16. The van der Waals surface area contributed by atoms with Crippen LogP contribution in [0, 0.1) is 11.6 Å². The van der Waals surface area contributed by atoms with E-state index in [9.17, 15) is 23.2 Å². The molecule has 0 radical (unpaired) electrons. The van der Waals surface area contributed by atoms with Crippen LogP contribution in [0.4, 0.5) is 14.5 Å². The van der Waals surface area contributed by atoms with Gasteiger partial charge in [0, 0.05) is 29.2 Å². The highest BCUT2D eigenvalue weighted by atomic mass is 35.5. The second-order valence-electron chi connectivity index (χ2n) is 10.4. The van der Waals surface area contributed by atoms with Gasteiger partial charge in [-0.3, -0.25) is 19.3 Å². The third-order valence-corrected chi connectivity index (χ3v) is 8.49. The molecule has 3 aromatic rings. The van der Waals surface area contributed by atoms with Gasteiger partial charge in [0.25, 0.3) is 17.7 Å². The summed E-state index contributed by atoms with van der Waals surface area (Å²) in [6, 6.07) is 15.9. The normalized spacial score (nSPS) is 18.1. The van der Waals surface area contributed by atoms with Gasteiger partial charge in [-0.1, -0.05) is 29.8 Å². The molecule has 6 nitrogen and oxygen atoms in total. The van der Waals surface area contributed by atoms with Crippen molar-refractivity contribution in [3.8, 4) is 0 Å². The Kier molecular flexibility index (Phi) is 6.47.